The fourth-order valence-electron chi connectivity index (χ4n) is 1.85. The van der Waals surface area contributed by atoms with Gasteiger partial charge in [0.25, 0.3) is 0 Å². The van der Waals surface area contributed by atoms with Crippen LogP contribution in [0, 0.1) is 6.07 Å². The largest absolute Gasteiger partial charge is 1.00 e. The quantitative estimate of drug-likeness (QED) is 0.357. The molecule has 5 N–H and O–H groups in total. The molecule has 1 rings (SSSR count). The van der Waals surface area contributed by atoms with Crippen LogP contribution in [0.3, 0.4) is 0 Å². The average Bonchev–Trinajstić information content (AvgIpc) is 2.34. The van der Waals surface area contributed by atoms with E-state index in [0.29, 0.717) is 6.54 Å². The zero-order chi connectivity index (χ0) is 14.0. The third-order valence-corrected chi connectivity index (χ3v) is 2.65. The molecule has 0 amide bonds. The molecule has 1 aromatic rings. The molecule has 0 aliphatic rings. The van der Waals surface area contributed by atoms with E-state index in [1.165, 1.54) is 36.0 Å². The van der Waals surface area contributed by atoms with Crippen LogP contribution in [0.15, 0.2) is 12.1 Å². The summed E-state index contributed by atoms with van der Waals surface area (Å²) >= 11 is 0. The minimum Gasteiger partial charge on any atom is -0.402 e. The van der Waals surface area contributed by atoms with Crippen molar-refractivity contribution in [2.24, 2.45) is 5.73 Å². The first-order chi connectivity index (χ1) is 8.56. The maximum Gasteiger partial charge on any atom is 1.00 e. The predicted octanol–water partition coefficient (Wildman–Crippen LogP) is -2.20. The van der Waals surface area contributed by atoms with Crippen molar-refractivity contribution in [1.82, 2.24) is 0 Å². The first kappa shape index (κ1) is 21.0. The van der Waals surface area contributed by atoms with E-state index in [1.807, 2.05) is 6.07 Å². The Balaban J connectivity index is 0. The smallest absolute Gasteiger partial charge is 0.402 e. The van der Waals surface area contributed by atoms with Crippen LogP contribution in [0.5, 0.6) is 0 Å². The summed E-state index contributed by atoms with van der Waals surface area (Å²) in [7, 11) is -2.17. The van der Waals surface area contributed by atoms with Crippen molar-refractivity contribution < 1.29 is 33.9 Å². The van der Waals surface area contributed by atoms with Crippen LogP contribution in [0.2, 0.25) is 0 Å². The first-order valence-corrected chi connectivity index (χ1v) is 6.32. The number of unbranched alkanes of at least 4 members (excludes halogenated alkanes) is 1. The summed E-state index contributed by atoms with van der Waals surface area (Å²) in [6.45, 7) is 5.03. The third-order valence-electron chi connectivity index (χ3n) is 2.65. The Morgan fingerprint density at radius 3 is 2.26 bits per heavy atom. The van der Waals surface area contributed by atoms with E-state index < -0.39 is 7.32 Å². The minimum absolute atomic E-state index is 0. The van der Waals surface area contributed by atoms with Gasteiger partial charge < -0.3 is 20.8 Å². The van der Waals surface area contributed by atoms with Gasteiger partial charge in [-0.05, 0) is 6.54 Å². The van der Waals surface area contributed by atoms with Gasteiger partial charge in [-0.1, -0.05) is 39.5 Å². The van der Waals surface area contributed by atoms with Crippen molar-refractivity contribution in [2.75, 3.05) is 0 Å². The molecule has 0 bridgehead atoms. The number of rotatable bonds is 5. The Kier molecular flexibility index (Phi) is 14.1. The van der Waals surface area contributed by atoms with E-state index in [9.17, 15) is 0 Å². The molecule has 0 unspecified atom stereocenters. The van der Waals surface area contributed by atoms with Crippen LogP contribution in [0.4, 0.5) is 0 Å². The Morgan fingerprint density at radius 1 is 1.26 bits per heavy atom. The monoisotopic (exact) mass is 259 g/mol. The van der Waals surface area contributed by atoms with Crippen LogP contribution >= 0.6 is 0 Å². The van der Waals surface area contributed by atoms with Crippen LogP contribution in [-0.2, 0) is 19.4 Å². The van der Waals surface area contributed by atoms with Crippen molar-refractivity contribution >= 4 is 7.32 Å². The van der Waals surface area contributed by atoms with E-state index in [4.69, 9.17) is 20.8 Å². The Bertz CT molecular complexity index is 335. The molecule has 0 heterocycles. The predicted molar refractivity (Wildman–Crippen MR) is 73.6 cm³/mol. The molecule has 0 aliphatic heterocycles. The van der Waals surface area contributed by atoms with Crippen molar-refractivity contribution in [3.63, 3.8) is 0 Å². The van der Waals surface area contributed by atoms with Crippen LogP contribution in [0.25, 0.3) is 0 Å². The summed E-state index contributed by atoms with van der Waals surface area (Å²) in [6.07, 6.45) is 4.77. The van der Waals surface area contributed by atoms with Gasteiger partial charge >= 0.3 is 26.2 Å². The summed E-state index contributed by atoms with van der Waals surface area (Å²) in [5.41, 5.74) is 9.77. The van der Waals surface area contributed by atoms with E-state index in [0.717, 1.165) is 6.42 Å². The number of hydrogen-bond acceptors (Lipinski definition) is 4. The van der Waals surface area contributed by atoms with Crippen molar-refractivity contribution in [3.05, 3.63) is 34.9 Å². The molecule has 0 aromatic heterocycles. The Morgan fingerprint density at radius 2 is 1.84 bits per heavy atom. The zero-order valence-corrected chi connectivity index (χ0v) is 12.2. The molecule has 0 saturated carbocycles. The topological polar surface area (TPSA) is 86.7 Å². The molecule has 0 aliphatic carbocycles. The zero-order valence-electron chi connectivity index (χ0n) is 12.2. The van der Waals surface area contributed by atoms with Gasteiger partial charge in [0.1, 0.15) is 0 Å². The van der Waals surface area contributed by atoms with Gasteiger partial charge in [0, 0.05) is 0 Å². The van der Waals surface area contributed by atoms with Crippen molar-refractivity contribution in [3.8, 4) is 0 Å². The van der Waals surface area contributed by atoms with Gasteiger partial charge in [-0.2, -0.15) is 23.8 Å². The molecular formula is C13H23BLiNO3. The fraction of sp³-hybridized carbons (Fsp3) is 0.538. The molecule has 0 fully saturated rings. The average molecular weight is 259 g/mol. The summed E-state index contributed by atoms with van der Waals surface area (Å²) in [5.74, 6) is 0. The molecular weight excluding hydrogens is 236 g/mol. The second-order valence-electron chi connectivity index (χ2n) is 3.97. The Hall–Kier alpha value is -0.278. The fourth-order valence-corrected chi connectivity index (χ4v) is 1.85. The number of benzene rings is 1. The summed E-state index contributed by atoms with van der Waals surface area (Å²) in [4.78, 5) is 0. The van der Waals surface area contributed by atoms with Crippen molar-refractivity contribution in [1.29, 1.82) is 0 Å². The van der Waals surface area contributed by atoms with Gasteiger partial charge in [0.15, 0.2) is 0 Å². The van der Waals surface area contributed by atoms with E-state index in [2.05, 4.69) is 26.0 Å². The number of aryl methyl sites for hydroxylation is 1. The van der Waals surface area contributed by atoms with E-state index >= 15 is 0 Å². The van der Waals surface area contributed by atoms with Gasteiger partial charge in [-0.15, -0.1) is 11.1 Å². The van der Waals surface area contributed by atoms with Gasteiger partial charge in [0.05, 0.1) is 0 Å². The SMILES string of the molecule is CCCCc1cc[c-]c(CN)c1CC.OB(O)O.[Li+]. The molecule has 102 valence electrons. The maximum atomic E-state index is 7.17. The number of nitrogens with two attached hydrogens (primary N) is 1. The Labute approximate surface area is 128 Å². The second-order valence-corrected chi connectivity index (χ2v) is 3.97. The maximum absolute atomic E-state index is 7.17. The number of hydrogen-bond donors (Lipinski definition) is 4. The standard InChI is InChI=1S/C13H20N.BH3O3.Li/c1-3-5-7-11-8-6-9-12(10-14)13(11)4-2;2-1(3)4;/h6,8H,3-5,7,10,14H2,1-2H3;2-4H;/q-1;;+1. The van der Waals surface area contributed by atoms with Gasteiger partial charge in [-0.3, -0.25) is 0 Å². The molecule has 6 heteroatoms. The summed E-state index contributed by atoms with van der Waals surface area (Å²) in [6, 6.07) is 7.42. The second kappa shape index (κ2) is 12.7. The van der Waals surface area contributed by atoms with Gasteiger partial charge in [0.2, 0.25) is 0 Å². The molecule has 4 nitrogen and oxygen atoms in total. The molecule has 19 heavy (non-hydrogen) atoms. The van der Waals surface area contributed by atoms with Crippen molar-refractivity contribution in [2.45, 2.75) is 46.1 Å². The summed E-state index contributed by atoms with van der Waals surface area (Å²) < 4.78 is 0. The van der Waals surface area contributed by atoms with Crippen LogP contribution < -0.4 is 24.6 Å². The van der Waals surface area contributed by atoms with Crippen LogP contribution in [-0.4, -0.2) is 22.4 Å². The summed E-state index contributed by atoms with van der Waals surface area (Å²) in [5, 5.41) is 21.5. The minimum atomic E-state index is -2.17. The van der Waals surface area contributed by atoms with Gasteiger partial charge in [-0.25, -0.2) is 0 Å². The molecule has 0 spiro atoms. The van der Waals surface area contributed by atoms with Crippen LogP contribution in [0.1, 0.15) is 43.4 Å². The first-order valence-electron chi connectivity index (χ1n) is 6.32. The third kappa shape index (κ3) is 9.28. The van der Waals surface area contributed by atoms with E-state index in [-0.39, 0.29) is 18.9 Å². The normalized spacial score (nSPS) is 9.16. The molecule has 0 atom stereocenters. The molecule has 0 saturated heterocycles. The molecule has 0 radical (unpaired) electrons. The van der Waals surface area contributed by atoms with E-state index in [1.54, 1.807) is 0 Å². The molecule has 1 aromatic carbocycles.